The first-order chi connectivity index (χ1) is 8.94. The summed E-state index contributed by atoms with van der Waals surface area (Å²) in [5.74, 6) is -0.247. The molecule has 2 N–H and O–H groups in total. The van der Waals surface area contributed by atoms with Crippen LogP contribution in [0.15, 0.2) is 23.1 Å². The zero-order chi connectivity index (χ0) is 14.0. The van der Waals surface area contributed by atoms with Gasteiger partial charge in [-0.1, -0.05) is 6.07 Å². The topological polar surface area (TPSA) is 75.3 Å². The van der Waals surface area contributed by atoms with E-state index in [0.29, 0.717) is 12.1 Å². The fourth-order valence-electron chi connectivity index (χ4n) is 1.76. The van der Waals surface area contributed by atoms with Crippen molar-refractivity contribution in [3.8, 4) is 0 Å². The molecule has 2 rings (SSSR count). The first-order valence-corrected chi connectivity index (χ1v) is 7.83. The van der Waals surface area contributed by atoms with Gasteiger partial charge in [-0.25, -0.2) is 13.1 Å². The maximum Gasteiger partial charge on any atom is 0.251 e. The van der Waals surface area contributed by atoms with Crippen molar-refractivity contribution in [1.29, 1.82) is 0 Å². The highest BCUT2D eigenvalue weighted by Gasteiger charge is 2.28. The van der Waals surface area contributed by atoms with Gasteiger partial charge in [-0.2, -0.15) is 0 Å². The highest BCUT2D eigenvalue weighted by atomic mass is 32.2. The second kappa shape index (κ2) is 5.30. The average molecular weight is 282 g/mol. The minimum absolute atomic E-state index is 0.0548. The molecule has 1 fully saturated rings. The summed E-state index contributed by atoms with van der Waals surface area (Å²) in [6.45, 7) is 4.12. The average Bonchev–Trinajstić information content (AvgIpc) is 3.12. The SMILES string of the molecule is CCNC(=O)c1cc(S(=O)(=O)NC2CC2)ccc1C. The summed E-state index contributed by atoms with van der Waals surface area (Å²) < 4.78 is 26.8. The maximum atomic E-state index is 12.1. The van der Waals surface area contributed by atoms with Crippen molar-refractivity contribution in [3.63, 3.8) is 0 Å². The quantitative estimate of drug-likeness (QED) is 0.851. The molecule has 1 aliphatic rings. The van der Waals surface area contributed by atoms with Crippen molar-refractivity contribution < 1.29 is 13.2 Å². The van der Waals surface area contributed by atoms with E-state index in [1.807, 2.05) is 6.92 Å². The summed E-state index contributed by atoms with van der Waals surface area (Å²) in [4.78, 5) is 12.0. The molecule has 19 heavy (non-hydrogen) atoms. The van der Waals surface area contributed by atoms with Crippen LogP contribution in [-0.4, -0.2) is 26.9 Å². The Hall–Kier alpha value is -1.40. The van der Waals surface area contributed by atoms with Crippen molar-refractivity contribution in [2.75, 3.05) is 6.54 Å². The molecule has 1 aliphatic carbocycles. The Labute approximate surface area is 113 Å². The minimum Gasteiger partial charge on any atom is -0.352 e. The normalized spacial score (nSPS) is 15.3. The number of carbonyl (C=O) groups excluding carboxylic acids is 1. The van der Waals surface area contributed by atoms with E-state index in [1.165, 1.54) is 12.1 Å². The largest absolute Gasteiger partial charge is 0.352 e. The number of nitrogens with one attached hydrogen (secondary N) is 2. The second-order valence-corrected chi connectivity index (χ2v) is 6.45. The van der Waals surface area contributed by atoms with Gasteiger partial charge in [0, 0.05) is 18.2 Å². The van der Waals surface area contributed by atoms with Crippen molar-refractivity contribution in [3.05, 3.63) is 29.3 Å². The van der Waals surface area contributed by atoms with E-state index in [1.54, 1.807) is 13.0 Å². The summed E-state index contributed by atoms with van der Waals surface area (Å²) in [6.07, 6.45) is 1.77. The molecule has 0 bridgehead atoms. The summed E-state index contributed by atoms with van der Waals surface area (Å²) in [6, 6.07) is 4.68. The molecule has 6 heteroatoms. The lowest BCUT2D eigenvalue weighted by Gasteiger charge is -2.10. The third-order valence-electron chi connectivity index (χ3n) is 3.00. The Morgan fingerprint density at radius 3 is 2.63 bits per heavy atom. The number of benzene rings is 1. The van der Waals surface area contributed by atoms with Gasteiger partial charge in [0.2, 0.25) is 10.0 Å². The van der Waals surface area contributed by atoms with Crippen LogP contribution in [0.3, 0.4) is 0 Å². The van der Waals surface area contributed by atoms with Gasteiger partial charge in [0.1, 0.15) is 0 Å². The minimum atomic E-state index is -3.51. The number of aryl methyl sites for hydroxylation is 1. The van der Waals surface area contributed by atoms with Crippen LogP contribution in [0.5, 0.6) is 0 Å². The lowest BCUT2D eigenvalue weighted by Crippen LogP contribution is -2.27. The van der Waals surface area contributed by atoms with Gasteiger partial charge in [-0.05, 0) is 44.4 Å². The molecule has 1 saturated carbocycles. The van der Waals surface area contributed by atoms with E-state index >= 15 is 0 Å². The fourth-order valence-corrected chi connectivity index (χ4v) is 3.09. The van der Waals surface area contributed by atoms with Crippen LogP contribution in [0.25, 0.3) is 0 Å². The number of amides is 1. The van der Waals surface area contributed by atoms with Gasteiger partial charge in [0.05, 0.1) is 4.90 Å². The van der Waals surface area contributed by atoms with Crippen LogP contribution >= 0.6 is 0 Å². The number of carbonyl (C=O) groups is 1. The monoisotopic (exact) mass is 282 g/mol. The number of hydrogen-bond donors (Lipinski definition) is 2. The molecule has 0 aromatic heterocycles. The predicted octanol–water partition coefficient (Wildman–Crippen LogP) is 1.19. The van der Waals surface area contributed by atoms with Gasteiger partial charge in [-0.3, -0.25) is 4.79 Å². The highest BCUT2D eigenvalue weighted by Crippen LogP contribution is 2.23. The Morgan fingerprint density at radius 2 is 2.05 bits per heavy atom. The van der Waals surface area contributed by atoms with E-state index in [2.05, 4.69) is 10.0 Å². The molecule has 0 heterocycles. The van der Waals surface area contributed by atoms with Crippen molar-refractivity contribution in [2.45, 2.75) is 37.6 Å². The van der Waals surface area contributed by atoms with E-state index in [0.717, 1.165) is 18.4 Å². The predicted molar refractivity (Wildman–Crippen MR) is 72.5 cm³/mol. The summed E-state index contributed by atoms with van der Waals surface area (Å²) in [5, 5.41) is 2.68. The number of hydrogen-bond acceptors (Lipinski definition) is 3. The van der Waals surface area contributed by atoms with Crippen LogP contribution < -0.4 is 10.0 Å². The van der Waals surface area contributed by atoms with Gasteiger partial charge in [0.15, 0.2) is 0 Å². The fraction of sp³-hybridized carbons (Fsp3) is 0.462. The lowest BCUT2D eigenvalue weighted by molar-refractivity contribution is 0.0955. The summed E-state index contributed by atoms with van der Waals surface area (Å²) in [5.41, 5.74) is 1.16. The summed E-state index contributed by atoms with van der Waals surface area (Å²) >= 11 is 0. The lowest BCUT2D eigenvalue weighted by atomic mass is 10.1. The summed E-state index contributed by atoms with van der Waals surface area (Å²) in [7, 11) is -3.51. The third kappa shape index (κ3) is 3.33. The van der Waals surface area contributed by atoms with Crippen molar-refractivity contribution >= 4 is 15.9 Å². The Bertz CT molecular complexity index is 592. The van der Waals surface area contributed by atoms with Crippen molar-refractivity contribution in [1.82, 2.24) is 10.0 Å². The Morgan fingerprint density at radius 1 is 1.37 bits per heavy atom. The van der Waals surface area contributed by atoms with Crippen molar-refractivity contribution in [2.24, 2.45) is 0 Å². The third-order valence-corrected chi connectivity index (χ3v) is 4.52. The molecule has 0 spiro atoms. The highest BCUT2D eigenvalue weighted by molar-refractivity contribution is 7.89. The van der Waals surface area contributed by atoms with Crippen LogP contribution in [-0.2, 0) is 10.0 Å². The Balaban J connectivity index is 2.32. The maximum absolute atomic E-state index is 12.1. The molecule has 0 saturated heterocycles. The zero-order valence-electron chi connectivity index (χ0n) is 11.1. The zero-order valence-corrected chi connectivity index (χ0v) is 11.9. The van der Waals surface area contributed by atoms with Crippen LogP contribution in [0.4, 0.5) is 0 Å². The van der Waals surface area contributed by atoms with Gasteiger partial charge < -0.3 is 5.32 Å². The molecule has 0 unspecified atom stereocenters. The standard InChI is InChI=1S/C13H18N2O3S/c1-3-14-13(16)12-8-11(7-4-9(12)2)19(17,18)15-10-5-6-10/h4,7-8,10,15H,3,5-6H2,1-2H3,(H,14,16). The molecular weight excluding hydrogens is 264 g/mol. The van der Waals surface area contributed by atoms with Crippen LogP contribution in [0, 0.1) is 6.92 Å². The van der Waals surface area contributed by atoms with E-state index < -0.39 is 10.0 Å². The van der Waals surface area contributed by atoms with E-state index in [-0.39, 0.29) is 16.8 Å². The van der Waals surface area contributed by atoms with Gasteiger partial charge >= 0.3 is 0 Å². The number of rotatable bonds is 5. The molecular formula is C13H18N2O3S. The van der Waals surface area contributed by atoms with E-state index in [4.69, 9.17) is 0 Å². The van der Waals surface area contributed by atoms with Crippen LogP contribution in [0.1, 0.15) is 35.7 Å². The molecule has 0 aliphatic heterocycles. The molecule has 0 atom stereocenters. The molecule has 0 radical (unpaired) electrons. The molecule has 104 valence electrons. The number of sulfonamides is 1. The molecule has 1 amide bonds. The molecule has 5 nitrogen and oxygen atoms in total. The molecule has 1 aromatic carbocycles. The van der Waals surface area contributed by atoms with Gasteiger partial charge in [-0.15, -0.1) is 0 Å². The first-order valence-electron chi connectivity index (χ1n) is 6.35. The van der Waals surface area contributed by atoms with Crippen LogP contribution in [0.2, 0.25) is 0 Å². The van der Waals surface area contributed by atoms with E-state index in [9.17, 15) is 13.2 Å². The smallest absolute Gasteiger partial charge is 0.251 e. The molecule has 1 aromatic rings. The van der Waals surface area contributed by atoms with Gasteiger partial charge in [0.25, 0.3) is 5.91 Å². The first kappa shape index (κ1) is 14.0. The second-order valence-electron chi connectivity index (χ2n) is 4.73. The Kier molecular flexibility index (Phi) is 3.91.